The second-order valence-electron chi connectivity index (χ2n) is 4.62. The van der Waals surface area contributed by atoms with Gasteiger partial charge in [-0.2, -0.15) is 0 Å². The molecule has 1 aliphatic heterocycles. The standard InChI is InChI=1S/C15H19N/c1-3-7-15-11-14(10-12(2)16-15)13-8-5-4-6-9-13/h4-9,12,14-16H,1,10-11H2,2H3. The third-order valence-electron chi connectivity index (χ3n) is 3.27. The first-order valence-electron chi connectivity index (χ1n) is 5.96. The summed E-state index contributed by atoms with van der Waals surface area (Å²) in [4.78, 5) is 0. The highest BCUT2D eigenvalue weighted by atomic mass is 15.0. The zero-order chi connectivity index (χ0) is 11.4. The Hall–Kier alpha value is -1.30. The van der Waals surface area contributed by atoms with E-state index in [0.717, 1.165) is 6.42 Å². The fourth-order valence-corrected chi connectivity index (χ4v) is 2.59. The van der Waals surface area contributed by atoms with Crippen LogP contribution in [0, 0.1) is 0 Å². The zero-order valence-corrected chi connectivity index (χ0v) is 9.82. The van der Waals surface area contributed by atoms with Gasteiger partial charge in [0.2, 0.25) is 0 Å². The molecule has 1 heteroatoms. The van der Waals surface area contributed by atoms with Gasteiger partial charge in [-0.3, -0.25) is 0 Å². The lowest BCUT2D eigenvalue weighted by molar-refractivity contribution is 0.337. The van der Waals surface area contributed by atoms with Crippen LogP contribution in [-0.4, -0.2) is 12.1 Å². The van der Waals surface area contributed by atoms with Crippen LogP contribution in [0.1, 0.15) is 31.2 Å². The van der Waals surface area contributed by atoms with Crippen LogP contribution in [0.3, 0.4) is 0 Å². The lowest BCUT2D eigenvalue weighted by Crippen LogP contribution is -2.42. The molecular weight excluding hydrogens is 194 g/mol. The molecule has 1 aromatic rings. The van der Waals surface area contributed by atoms with Crippen LogP contribution in [0.2, 0.25) is 0 Å². The first-order valence-corrected chi connectivity index (χ1v) is 5.96. The summed E-state index contributed by atoms with van der Waals surface area (Å²) in [6.07, 6.45) is 4.41. The van der Waals surface area contributed by atoms with E-state index in [9.17, 15) is 0 Å². The van der Waals surface area contributed by atoms with Crippen molar-refractivity contribution in [3.8, 4) is 0 Å². The monoisotopic (exact) mass is 213 g/mol. The summed E-state index contributed by atoms with van der Waals surface area (Å²) in [6, 6.07) is 11.8. The van der Waals surface area contributed by atoms with Gasteiger partial charge in [0, 0.05) is 12.1 Å². The van der Waals surface area contributed by atoms with Crippen molar-refractivity contribution in [2.75, 3.05) is 0 Å². The van der Waals surface area contributed by atoms with Crippen molar-refractivity contribution in [3.05, 3.63) is 54.3 Å². The van der Waals surface area contributed by atoms with E-state index in [-0.39, 0.29) is 0 Å². The fraction of sp³-hybridized carbons (Fsp3) is 0.400. The third-order valence-corrected chi connectivity index (χ3v) is 3.27. The van der Waals surface area contributed by atoms with Gasteiger partial charge in [0.15, 0.2) is 0 Å². The highest BCUT2D eigenvalue weighted by molar-refractivity contribution is 5.21. The molecule has 1 heterocycles. The molecule has 2 rings (SSSR count). The van der Waals surface area contributed by atoms with E-state index in [0.29, 0.717) is 18.0 Å². The Morgan fingerprint density at radius 3 is 2.75 bits per heavy atom. The molecule has 0 saturated carbocycles. The zero-order valence-electron chi connectivity index (χ0n) is 9.82. The van der Waals surface area contributed by atoms with E-state index in [1.807, 2.05) is 6.08 Å². The van der Waals surface area contributed by atoms with Gasteiger partial charge in [0.25, 0.3) is 0 Å². The second-order valence-corrected chi connectivity index (χ2v) is 4.62. The highest BCUT2D eigenvalue weighted by Gasteiger charge is 2.25. The van der Waals surface area contributed by atoms with Gasteiger partial charge >= 0.3 is 0 Å². The van der Waals surface area contributed by atoms with E-state index < -0.39 is 0 Å². The first kappa shape index (κ1) is 11.2. The Bertz CT molecular complexity index is 376. The Kier molecular flexibility index (Phi) is 3.61. The maximum Gasteiger partial charge on any atom is 0.0332 e. The van der Waals surface area contributed by atoms with Gasteiger partial charge < -0.3 is 5.32 Å². The Morgan fingerprint density at radius 1 is 1.31 bits per heavy atom. The minimum atomic E-state index is 0.423. The molecule has 84 valence electrons. The van der Waals surface area contributed by atoms with Gasteiger partial charge in [-0.25, -0.2) is 0 Å². The number of hydrogen-bond donors (Lipinski definition) is 1. The molecule has 0 aromatic heterocycles. The van der Waals surface area contributed by atoms with Crippen LogP contribution in [0.4, 0.5) is 0 Å². The second kappa shape index (κ2) is 5.16. The van der Waals surface area contributed by atoms with Crippen LogP contribution in [0.15, 0.2) is 48.7 Å². The number of benzene rings is 1. The topological polar surface area (TPSA) is 12.0 Å². The molecule has 1 fully saturated rings. The molecule has 3 atom stereocenters. The third kappa shape index (κ3) is 2.63. The lowest BCUT2D eigenvalue weighted by Gasteiger charge is -2.33. The summed E-state index contributed by atoms with van der Waals surface area (Å²) in [6.45, 7) is 5.91. The largest absolute Gasteiger partial charge is 0.307 e. The SMILES string of the molecule is C=C=CC1CC(c2ccccc2)CC(C)N1. The Labute approximate surface area is 97.9 Å². The van der Waals surface area contributed by atoms with E-state index >= 15 is 0 Å². The minimum Gasteiger partial charge on any atom is -0.307 e. The molecule has 1 nitrogen and oxygen atoms in total. The van der Waals surface area contributed by atoms with Crippen molar-refractivity contribution in [2.45, 2.75) is 37.8 Å². The van der Waals surface area contributed by atoms with E-state index in [1.165, 1.54) is 12.0 Å². The van der Waals surface area contributed by atoms with Crippen LogP contribution in [0.25, 0.3) is 0 Å². The van der Waals surface area contributed by atoms with Crippen molar-refractivity contribution in [1.82, 2.24) is 5.32 Å². The quantitative estimate of drug-likeness (QED) is 0.744. The molecular formula is C15H19N. The smallest absolute Gasteiger partial charge is 0.0332 e. The average Bonchev–Trinajstić information content (AvgIpc) is 2.30. The molecule has 16 heavy (non-hydrogen) atoms. The van der Waals surface area contributed by atoms with Gasteiger partial charge in [-0.05, 0) is 37.3 Å². The maximum absolute atomic E-state index is 3.66. The molecule has 3 unspecified atom stereocenters. The highest BCUT2D eigenvalue weighted by Crippen LogP contribution is 2.30. The molecule has 1 saturated heterocycles. The molecule has 1 aliphatic rings. The number of nitrogens with one attached hydrogen (secondary N) is 1. The Balaban J connectivity index is 2.13. The number of piperidine rings is 1. The number of rotatable bonds is 2. The van der Waals surface area contributed by atoms with Gasteiger partial charge in [-0.15, -0.1) is 5.73 Å². The first-order chi connectivity index (χ1) is 7.79. The van der Waals surface area contributed by atoms with Gasteiger partial charge in [0.05, 0.1) is 0 Å². The molecule has 0 spiro atoms. The van der Waals surface area contributed by atoms with Crippen molar-refractivity contribution in [2.24, 2.45) is 0 Å². The summed E-state index contributed by atoms with van der Waals surface area (Å²) in [7, 11) is 0. The maximum atomic E-state index is 3.66. The summed E-state index contributed by atoms with van der Waals surface area (Å²) in [5.74, 6) is 0.659. The summed E-state index contributed by atoms with van der Waals surface area (Å²) >= 11 is 0. The number of hydrogen-bond acceptors (Lipinski definition) is 1. The van der Waals surface area contributed by atoms with Crippen LogP contribution < -0.4 is 5.32 Å². The molecule has 1 N–H and O–H groups in total. The van der Waals surface area contributed by atoms with Crippen molar-refractivity contribution in [1.29, 1.82) is 0 Å². The average molecular weight is 213 g/mol. The Morgan fingerprint density at radius 2 is 2.06 bits per heavy atom. The van der Waals surface area contributed by atoms with Gasteiger partial charge in [0.1, 0.15) is 0 Å². The molecule has 0 aliphatic carbocycles. The summed E-state index contributed by atoms with van der Waals surface area (Å²) in [5.41, 5.74) is 4.35. The molecule has 1 aromatic carbocycles. The molecule has 0 bridgehead atoms. The van der Waals surface area contributed by atoms with Crippen molar-refractivity contribution >= 4 is 0 Å². The van der Waals surface area contributed by atoms with Gasteiger partial charge in [-0.1, -0.05) is 36.9 Å². The lowest BCUT2D eigenvalue weighted by atomic mass is 9.83. The predicted octanol–water partition coefficient (Wildman–Crippen LogP) is 3.25. The van der Waals surface area contributed by atoms with E-state index in [2.05, 4.69) is 54.9 Å². The fourth-order valence-electron chi connectivity index (χ4n) is 2.59. The minimum absolute atomic E-state index is 0.423. The van der Waals surface area contributed by atoms with E-state index in [1.54, 1.807) is 0 Å². The molecule has 0 amide bonds. The van der Waals surface area contributed by atoms with Crippen LogP contribution in [0.5, 0.6) is 0 Å². The van der Waals surface area contributed by atoms with Crippen molar-refractivity contribution in [3.63, 3.8) is 0 Å². The summed E-state index contributed by atoms with van der Waals surface area (Å²) < 4.78 is 0. The summed E-state index contributed by atoms with van der Waals surface area (Å²) in [5, 5.41) is 3.56. The predicted molar refractivity (Wildman–Crippen MR) is 68.5 cm³/mol. The normalized spacial score (nSPS) is 29.4. The van der Waals surface area contributed by atoms with E-state index in [4.69, 9.17) is 0 Å². The van der Waals surface area contributed by atoms with Crippen LogP contribution >= 0.6 is 0 Å². The van der Waals surface area contributed by atoms with Crippen LogP contribution in [-0.2, 0) is 0 Å². The molecule has 0 radical (unpaired) electrons. The van der Waals surface area contributed by atoms with Crippen molar-refractivity contribution < 1.29 is 0 Å².